The van der Waals surface area contributed by atoms with Crippen molar-refractivity contribution in [3.05, 3.63) is 12.2 Å². The molecule has 0 aromatic heterocycles. The van der Waals surface area contributed by atoms with Crippen LogP contribution in [0.15, 0.2) is 12.2 Å². The van der Waals surface area contributed by atoms with Crippen LogP contribution in [0.25, 0.3) is 0 Å². The number of allylic oxidation sites excluding steroid dienone is 2. The van der Waals surface area contributed by atoms with Crippen LogP contribution < -0.4 is 5.32 Å². The van der Waals surface area contributed by atoms with Crippen molar-refractivity contribution in [1.82, 2.24) is 5.32 Å². The van der Waals surface area contributed by atoms with E-state index in [1.807, 2.05) is 0 Å². The molecule has 0 rings (SSSR count). The number of unbranched alkanes of at least 4 members (excludes halogenated alkanes) is 12. The summed E-state index contributed by atoms with van der Waals surface area (Å²) in [7, 11) is 0. The summed E-state index contributed by atoms with van der Waals surface area (Å²) in [5.41, 5.74) is 0. The summed E-state index contributed by atoms with van der Waals surface area (Å²) in [6, 6.07) is 0. The number of rotatable bonds is 19. The Bertz CT molecular complexity index is 302. The molecule has 3 heteroatoms. The first-order valence-corrected chi connectivity index (χ1v) is 10.8. The van der Waals surface area contributed by atoms with E-state index in [0.717, 1.165) is 13.0 Å². The van der Waals surface area contributed by atoms with Crippen molar-refractivity contribution in [2.75, 3.05) is 13.2 Å². The number of aliphatic hydroxyl groups is 1. The Kier molecular flexibility index (Phi) is 20.5. The van der Waals surface area contributed by atoms with Gasteiger partial charge in [-0.2, -0.15) is 0 Å². The van der Waals surface area contributed by atoms with E-state index in [4.69, 9.17) is 5.11 Å². The van der Waals surface area contributed by atoms with Crippen LogP contribution >= 0.6 is 0 Å². The molecule has 148 valence electrons. The van der Waals surface area contributed by atoms with Crippen molar-refractivity contribution in [2.24, 2.45) is 0 Å². The van der Waals surface area contributed by atoms with Gasteiger partial charge in [0.1, 0.15) is 0 Å². The molecule has 0 aliphatic heterocycles. The topological polar surface area (TPSA) is 49.3 Å². The summed E-state index contributed by atoms with van der Waals surface area (Å²) in [5, 5.41) is 11.6. The Hall–Kier alpha value is -0.830. The molecular formula is C22H43NO2. The Labute approximate surface area is 156 Å². The zero-order chi connectivity index (χ0) is 18.4. The van der Waals surface area contributed by atoms with Crippen LogP contribution in [0.1, 0.15) is 110 Å². The van der Waals surface area contributed by atoms with E-state index >= 15 is 0 Å². The molecule has 3 nitrogen and oxygen atoms in total. The minimum atomic E-state index is 0.0711. The third-order valence-electron chi connectivity index (χ3n) is 4.57. The zero-order valence-corrected chi connectivity index (χ0v) is 16.7. The molecule has 0 fully saturated rings. The second-order valence-electron chi connectivity index (χ2n) is 7.11. The summed E-state index contributed by atoms with van der Waals surface area (Å²) in [6.07, 6.45) is 24.1. The highest BCUT2D eigenvalue weighted by Gasteiger charge is 1.99. The normalized spacial score (nSPS) is 11.3. The molecule has 25 heavy (non-hydrogen) atoms. The minimum absolute atomic E-state index is 0.0711. The van der Waals surface area contributed by atoms with Crippen LogP contribution in [0, 0.1) is 0 Å². The Morgan fingerprint density at radius 1 is 0.760 bits per heavy atom. The first-order chi connectivity index (χ1) is 12.3. The number of carbonyl (C=O) groups is 1. The van der Waals surface area contributed by atoms with E-state index in [9.17, 15) is 4.79 Å². The van der Waals surface area contributed by atoms with Crippen molar-refractivity contribution >= 4 is 5.91 Å². The van der Waals surface area contributed by atoms with Gasteiger partial charge in [0.05, 0.1) is 0 Å². The predicted molar refractivity (Wildman–Crippen MR) is 109 cm³/mol. The van der Waals surface area contributed by atoms with Gasteiger partial charge in [0.25, 0.3) is 0 Å². The molecular weight excluding hydrogens is 310 g/mol. The van der Waals surface area contributed by atoms with E-state index < -0.39 is 0 Å². The van der Waals surface area contributed by atoms with Crippen LogP contribution in [0.5, 0.6) is 0 Å². The second kappa shape index (κ2) is 21.2. The smallest absolute Gasteiger partial charge is 0.220 e. The van der Waals surface area contributed by atoms with Crippen LogP contribution in [0.2, 0.25) is 0 Å². The largest absolute Gasteiger partial charge is 0.396 e. The molecule has 0 aliphatic carbocycles. The fraction of sp³-hybridized carbons (Fsp3) is 0.864. The Balaban J connectivity index is 3.13. The average Bonchev–Trinajstić information content (AvgIpc) is 2.62. The Morgan fingerprint density at radius 2 is 1.28 bits per heavy atom. The van der Waals surface area contributed by atoms with Gasteiger partial charge in [0, 0.05) is 19.6 Å². The van der Waals surface area contributed by atoms with Crippen LogP contribution in [-0.2, 0) is 4.79 Å². The van der Waals surface area contributed by atoms with Crippen LogP contribution in [0.3, 0.4) is 0 Å². The van der Waals surface area contributed by atoms with Gasteiger partial charge >= 0.3 is 0 Å². The maximum absolute atomic E-state index is 11.3. The Morgan fingerprint density at radius 3 is 1.84 bits per heavy atom. The van der Waals surface area contributed by atoms with E-state index in [2.05, 4.69) is 24.4 Å². The van der Waals surface area contributed by atoms with Gasteiger partial charge in [-0.05, 0) is 38.5 Å². The third-order valence-corrected chi connectivity index (χ3v) is 4.57. The fourth-order valence-corrected chi connectivity index (χ4v) is 2.93. The standard InChI is InChI=1S/C22H43NO2/c1-2-3-4-5-6-7-8-9-10-11-12-13-14-15-16-17-20-23-22(25)19-18-21-24/h9-10,24H,2-8,11-21H2,1H3,(H,23,25)/b10-9-. The lowest BCUT2D eigenvalue weighted by molar-refractivity contribution is -0.121. The highest BCUT2D eigenvalue weighted by molar-refractivity contribution is 5.75. The van der Waals surface area contributed by atoms with Gasteiger partial charge < -0.3 is 10.4 Å². The van der Waals surface area contributed by atoms with E-state index in [1.165, 1.54) is 83.5 Å². The fourth-order valence-electron chi connectivity index (χ4n) is 2.93. The summed E-state index contributed by atoms with van der Waals surface area (Å²) < 4.78 is 0. The number of aliphatic hydroxyl groups excluding tert-OH is 1. The number of hydrogen-bond acceptors (Lipinski definition) is 2. The lowest BCUT2D eigenvalue weighted by Crippen LogP contribution is -2.24. The quantitative estimate of drug-likeness (QED) is 0.224. The van der Waals surface area contributed by atoms with Gasteiger partial charge in [-0.25, -0.2) is 0 Å². The summed E-state index contributed by atoms with van der Waals surface area (Å²) >= 11 is 0. The van der Waals surface area contributed by atoms with Crippen molar-refractivity contribution in [3.8, 4) is 0 Å². The average molecular weight is 354 g/mol. The van der Waals surface area contributed by atoms with Gasteiger partial charge in [0.15, 0.2) is 0 Å². The van der Waals surface area contributed by atoms with Crippen molar-refractivity contribution < 1.29 is 9.90 Å². The number of carbonyl (C=O) groups excluding carboxylic acids is 1. The molecule has 0 aromatic carbocycles. The van der Waals surface area contributed by atoms with Crippen molar-refractivity contribution in [2.45, 2.75) is 110 Å². The van der Waals surface area contributed by atoms with E-state index in [-0.39, 0.29) is 12.5 Å². The second-order valence-corrected chi connectivity index (χ2v) is 7.11. The maximum atomic E-state index is 11.3. The van der Waals surface area contributed by atoms with Crippen LogP contribution in [-0.4, -0.2) is 24.2 Å². The molecule has 0 radical (unpaired) electrons. The predicted octanol–water partition coefficient (Wildman–Crippen LogP) is 5.91. The van der Waals surface area contributed by atoms with Crippen molar-refractivity contribution in [1.29, 1.82) is 0 Å². The van der Waals surface area contributed by atoms with Gasteiger partial charge in [-0.1, -0.05) is 76.9 Å². The van der Waals surface area contributed by atoms with Crippen LogP contribution in [0.4, 0.5) is 0 Å². The molecule has 1 amide bonds. The van der Waals surface area contributed by atoms with Gasteiger partial charge in [0.2, 0.25) is 5.91 Å². The first-order valence-electron chi connectivity index (χ1n) is 10.8. The highest BCUT2D eigenvalue weighted by atomic mass is 16.3. The lowest BCUT2D eigenvalue weighted by atomic mass is 10.1. The third kappa shape index (κ3) is 21.1. The molecule has 0 atom stereocenters. The summed E-state index contributed by atoms with van der Waals surface area (Å²) in [6.45, 7) is 3.15. The lowest BCUT2D eigenvalue weighted by Gasteiger charge is -2.04. The van der Waals surface area contributed by atoms with E-state index in [1.54, 1.807) is 0 Å². The molecule has 0 heterocycles. The van der Waals surface area contributed by atoms with Gasteiger partial charge in [-0.15, -0.1) is 0 Å². The number of hydrogen-bond donors (Lipinski definition) is 2. The zero-order valence-electron chi connectivity index (χ0n) is 16.7. The molecule has 0 bridgehead atoms. The summed E-state index contributed by atoms with van der Waals surface area (Å²) in [4.78, 5) is 11.3. The molecule has 0 spiro atoms. The number of nitrogens with one attached hydrogen (secondary N) is 1. The number of amides is 1. The molecule has 0 saturated heterocycles. The maximum Gasteiger partial charge on any atom is 0.220 e. The molecule has 0 aliphatic rings. The monoisotopic (exact) mass is 353 g/mol. The molecule has 2 N–H and O–H groups in total. The summed E-state index contributed by atoms with van der Waals surface area (Å²) in [5.74, 6) is 0.0711. The molecule has 0 aromatic rings. The van der Waals surface area contributed by atoms with E-state index in [0.29, 0.717) is 12.8 Å². The molecule has 0 saturated carbocycles. The highest BCUT2D eigenvalue weighted by Crippen LogP contribution is 2.09. The molecule has 0 unspecified atom stereocenters. The van der Waals surface area contributed by atoms with Crippen molar-refractivity contribution in [3.63, 3.8) is 0 Å². The first kappa shape index (κ1) is 24.2. The minimum Gasteiger partial charge on any atom is -0.396 e. The SMILES string of the molecule is CCCCCCCC/C=C\CCCCCCCCNC(=O)CCCO. The van der Waals surface area contributed by atoms with Gasteiger partial charge in [-0.3, -0.25) is 4.79 Å².